The van der Waals surface area contributed by atoms with Gasteiger partial charge < -0.3 is 19.1 Å². The molecule has 0 aromatic heterocycles. The highest BCUT2D eigenvalue weighted by Gasteiger charge is 2.22. The lowest BCUT2D eigenvalue weighted by molar-refractivity contribution is -0.127. The van der Waals surface area contributed by atoms with Crippen molar-refractivity contribution in [2.75, 3.05) is 33.4 Å². The molecule has 0 bridgehead atoms. The third-order valence-corrected chi connectivity index (χ3v) is 5.56. The van der Waals surface area contributed by atoms with Gasteiger partial charge in [0.05, 0.1) is 7.11 Å². The Hall–Kier alpha value is -2.95. The van der Waals surface area contributed by atoms with Gasteiger partial charge in [0, 0.05) is 19.2 Å². The molecule has 29 heavy (non-hydrogen) atoms. The van der Waals surface area contributed by atoms with E-state index in [1.54, 1.807) is 13.2 Å². The van der Waals surface area contributed by atoms with Crippen LogP contribution in [0.1, 0.15) is 24.0 Å². The van der Waals surface area contributed by atoms with Gasteiger partial charge in [-0.3, -0.25) is 4.79 Å². The first-order chi connectivity index (χ1) is 14.2. The van der Waals surface area contributed by atoms with Crippen LogP contribution in [0.2, 0.25) is 0 Å². The molecule has 2 aliphatic heterocycles. The van der Waals surface area contributed by atoms with E-state index in [4.69, 9.17) is 14.2 Å². The number of nitrogens with zero attached hydrogens (tertiary/aromatic N) is 1. The molecule has 2 aromatic carbocycles. The normalized spacial score (nSPS) is 16.8. The molecule has 0 atom stereocenters. The highest BCUT2D eigenvalue weighted by atomic mass is 16.6. The number of benzene rings is 2. The molecule has 2 aliphatic rings. The lowest BCUT2D eigenvalue weighted by atomic mass is 9.90. The summed E-state index contributed by atoms with van der Waals surface area (Å²) < 4.78 is 16.7. The number of hydrogen-bond acceptors (Lipinski definition) is 4. The van der Waals surface area contributed by atoms with Crippen LogP contribution in [0.15, 0.2) is 48.5 Å². The fourth-order valence-electron chi connectivity index (χ4n) is 3.97. The molecule has 0 N–H and O–H groups in total. The van der Waals surface area contributed by atoms with Gasteiger partial charge in [-0.25, -0.2) is 0 Å². The maximum Gasteiger partial charge on any atom is 0.246 e. The first-order valence-electron chi connectivity index (χ1n) is 10.2. The molecule has 1 saturated heterocycles. The van der Waals surface area contributed by atoms with E-state index in [1.165, 1.54) is 5.56 Å². The zero-order valence-corrected chi connectivity index (χ0v) is 16.8. The summed E-state index contributed by atoms with van der Waals surface area (Å²) in [7, 11) is 1.60. The summed E-state index contributed by atoms with van der Waals surface area (Å²) in [4.78, 5) is 14.6. The minimum Gasteiger partial charge on any atom is -0.493 e. The Morgan fingerprint density at radius 1 is 1.14 bits per heavy atom. The van der Waals surface area contributed by atoms with E-state index in [1.807, 2.05) is 29.2 Å². The molecule has 2 heterocycles. The predicted octanol–water partition coefficient (Wildman–Crippen LogP) is 3.96. The zero-order chi connectivity index (χ0) is 20.1. The average molecular weight is 393 g/mol. The Morgan fingerprint density at radius 3 is 2.66 bits per heavy atom. The number of rotatable bonds is 5. The number of hydrogen-bond donors (Lipinski definition) is 0. The van der Waals surface area contributed by atoms with E-state index in [0.717, 1.165) is 37.9 Å². The van der Waals surface area contributed by atoms with Gasteiger partial charge in [0.1, 0.15) is 13.2 Å². The summed E-state index contributed by atoms with van der Waals surface area (Å²) in [5, 5.41) is 0. The molecule has 1 fully saturated rings. The summed E-state index contributed by atoms with van der Waals surface area (Å²) in [6.07, 6.45) is 6.65. The average Bonchev–Trinajstić information content (AvgIpc) is 2.78. The number of ether oxygens (including phenoxy) is 3. The zero-order valence-electron chi connectivity index (χ0n) is 16.8. The number of carbonyl (C=O) groups excluding carboxylic acids is 1. The summed E-state index contributed by atoms with van der Waals surface area (Å²) in [5.41, 5.74) is 2.24. The van der Waals surface area contributed by atoms with E-state index in [9.17, 15) is 4.79 Å². The number of likely N-dealkylation sites (tertiary alicyclic amines) is 1. The minimum atomic E-state index is 0.0528. The topological polar surface area (TPSA) is 48.0 Å². The Morgan fingerprint density at radius 2 is 1.90 bits per heavy atom. The van der Waals surface area contributed by atoms with E-state index in [0.29, 0.717) is 36.4 Å². The van der Waals surface area contributed by atoms with E-state index in [2.05, 4.69) is 24.3 Å². The highest BCUT2D eigenvalue weighted by Crippen LogP contribution is 2.40. The van der Waals surface area contributed by atoms with Crippen LogP contribution < -0.4 is 14.2 Å². The Balaban J connectivity index is 1.34. The number of piperidine rings is 1. The molecule has 1 amide bonds. The van der Waals surface area contributed by atoms with Crippen molar-refractivity contribution in [1.82, 2.24) is 4.90 Å². The monoisotopic (exact) mass is 393 g/mol. The Labute approximate surface area is 171 Å². The van der Waals surface area contributed by atoms with E-state index < -0.39 is 0 Å². The number of fused-ring (bicyclic) bond motifs is 1. The Bertz CT molecular complexity index is 853. The lowest BCUT2D eigenvalue weighted by Crippen LogP contribution is -2.37. The van der Waals surface area contributed by atoms with Crippen LogP contribution in [0.5, 0.6) is 17.2 Å². The van der Waals surface area contributed by atoms with Crippen molar-refractivity contribution in [2.45, 2.75) is 19.3 Å². The van der Waals surface area contributed by atoms with Crippen molar-refractivity contribution >= 4 is 12.0 Å². The molecule has 0 saturated carbocycles. The van der Waals surface area contributed by atoms with Gasteiger partial charge in [0.15, 0.2) is 11.5 Å². The van der Waals surface area contributed by atoms with Gasteiger partial charge in [-0.15, -0.1) is 0 Å². The van der Waals surface area contributed by atoms with Gasteiger partial charge in [-0.05, 0) is 54.5 Å². The molecule has 0 aliphatic carbocycles. The van der Waals surface area contributed by atoms with Gasteiger partial charge >= 0.3 is 0 Å². The van der Waals surface area contributed by atoms with Gasteiger partial charge in [0.25, 0.3) is 0 Å². The number of carbonyl (C=O) groups is 1. The van der Waals surface area contributed by atoms with Gasteiger partial charge in [-0.1, -0.05) is 30.3 Å². The van der Waals surface area contributed by atoms with Gasteiger partial charge in [-0.2, -0.15) is 0 Å². The highest BCUT2D eigenvalue weighted by molar-refractivity contribution is 5.92. The third-order valence-electron chi connectivity index (χ3n) is 5.56. The fraction of sp³-hybridized carbons (Fsp3) is 0.375. The van der Waals surface area contributed by atoms with Crippen LogP contribution in [0, 0.1) is 5.92 Å². The van der Waals surface area contributed by atoms with Crippen molar-refractivity contribution in [3.63, 3.8) is 0 Å². The van der Waals surface area contributed by atoms with Crippen LogP contribution in [0.3, 0.4) is 0 Å². The van der Waals surface area contributed by atoms with Crippen molar-refractivity contribution in [3.05, 3.63) is 59.7 Å². The molecular formula is C24H27NO4. The molecule has 5 nitrogen and oxygen atoms in total. The first kappa shape index (κ1) is 19.4. The lowest BCUT2D eigenvalue weighted by Gasteiger charge is -2.31. The Kier molecular flexibility index (Phi) is 6.03. The van der Waals surface area contributed by atoms with Crippen LogP contribution in [0.4, 0.5) is 0 Å². The molecular weight excluding hydrogens is 366 g/mol. The SMILES string of the molecule is COc1cc(/C=C/C(=O)N2CCC(Cc3ccccc3)CC2)cc2c1OCCO2. The third kappa shape index (κ3) is 4.73. The van der Waals surface area contributed by atoms with Crippen LogP contribution in [-0.4, -0.2) is 44.2 Å². The molecule has 2 aromatic rings. The van der Waals surface area contributed by atoms with Crippen molar-refractivity contribution in [2.24, 2.45) is 5.92 Å². The number of amides is 1. The van der Waals surface area contributed by atoms with E-state index >= 15 is 0 Å². The smallest absolute Gasteiger partial charge is 0.246 e. The molecule has 5 heteroatoms. The molecule has 0 radical (unpaired) electrons. The second kappa shape index (κ2) is 9.03. The van der Waals surface area contributed by atoms with Crippen LogP contribution in [0.25, 0.3) is 6.08 Å². The first-order valence-corrected chi connectivity index (χ1v) is 10.2. The van der Waals surface area contributed by atoms with Crippen LogP contribution in [-0.2, 0) is 11.2 Å². The molecule has 152 valence electrons. The standard InChI is InChI=1S/C24H27NO4/c1-27-21-16-20(17-22-24(21)29-14-13-28-22)7-8-23(26)25-11-9-19(10-12-25)15-18-5-3-2-4-6-18/h2-8,16-17,19H,9-15H2,1H3/b8-7+. The number of methoxy groups -OCH3 is 1. The second-order valence-electron chi connectivity index (χ2n) is 7.54. The molecule has 0 unspecified atom stereocenters. The second-order valence-corrected chi connectivity index (χ2v) is 7.54. The predicted molar refractivity (Wildman–Crippen MR) is 112 cm³/mol. The molecule has 0 spiro atoms. The van der Waals surface area contributed by atoms with Crippen LogP contribution >= 0.6 is 0 Å². The van der Waals surface area contributed by atoms with Crippen molar-refractivity contribution < 1.29 is 19.0 Å². The van der Waals surface area contributed by atoms with Crippen molar-refractivity contribution in [3.8, 4) is 17.2 Å². The van der Waals surface area contributed by atoms with Crippen molar-refractivity contribution in [1.29, 1.82) is 0 Å². The fourth-order valence-corrected chi connectivity index (χ4v) is 3.97. The minimum absolute atomic E-state index is 0.0528. The summed E-state index contributed by atoms with van der Waals surface area (Å²) in [6.45, 7) is 2.65. The summed E-state index contributed by atoms with van der Waals surface area (Å²) in [6, 6.07) is 14.3. The largest absolute Gasteiger partial charge is 0.493 e. The summed E-state index contributed by atoms with van der Waals surface area (Å²) in [5.74, 6) is 2.60. The molecule has 4 rings (SSSR count). The maximum absolute atomic E-state index is 12.6. The van der Waals surface area contributed by atoms with Gasteiger partial charge in [0.2, 0.25) is 11.7 Å². The summed E-state index contributed by atoms with van der Waals surface area (Å²) >= 11 is 0. The maximum atomic E-state index is 12.6. The quantitative estimate of drug-likeness (QED) is 0.722. The van der Waals surface area contributed by atoms with E-state index in [-0.39, 0.29) is 5.91 Å².